The lowest BCUT2D eigenvalue weighted by molar-refractivity contribution is 0.0732. The van der Waals surface area contributed by atoms with E-state index < -0.39 is 0 Å². The van der Waals surface area contributed by atoms with Crippen LogP contribution < -0.4 is 11.1 Å². The van der Waals surface area contributed by atoms with Crippen molar-refractivity contribution in [3.05, 3.63) is 97.6 Å². The van der Waals surface area contributed by atoms with Gasteiger partial charge in [0.1, 0.15) is 5.82 Å². The van der Waals surface area contributed by atoms with Gasteiger partial charge in [-0.25, -0.2) is 4.39 Å². The van der Waals surface area contributed by atoms with Gasteiger partial charge in [-0.15, -0.1) is 0 Å². The van der Waals surface area contributed by atoms with Crippen LogP contribution in [0.1, 0.15) is 46.9 Å². The summed E-state index contributed by atoms with van der Waals surface area (Å²) in [5.41, 5.74) is 3.03. The number of amides is 1. The van der Waals surface area contributed by atoms with Crippen LogP contribution in [-0.2, 0) is 13.0 Å². The van der Waals surface area contributed by atoms with E-state index in [1.54, 1.807) is 35.4 Å². The molecule has 1 aliphatic rings. The Morgan fingerprint density at radius 1 is 1.07 bits per heavy atom. The summed E-state index contributed by atoms with van der Waals surface area (Å²) in [5, 5.41) is 0. The number of nitrogens with one attached hydrogen (secondary N) is 1. The SMILES string of the molecule is CC(C)c1[nH]c(=O)ccc1C(=O)N1CCc2cc(=O)n(-c3ccc(F)cc3)cc2C1. The molecule has 0 bridgehead atoms. The zero-order valence-corrected chi connectivity index (χ0v) is 16.8. The number of H-pyrrole nitrogens is 1. The molecule has 0 spiro atoms. The first kappa shape index (κ1) is 19.8. The van der Waals surface area contributed by atoms with Crippen molar-refractivity contribution in [2.75, 3.05) is 6.54 Å². The van der Waals surface area contributed by atoms with Crippen molar-refractivity contribution < 1.29 is 9.18 Å². The van der Waals surface area contributed by atoms with E-state index in [0.717, 1.165) is 11.1 Å². The summed E-state index contributed by atoms with van der Waals surface area (Å²) in [5.74, 6) is -0.526. The zero-order chi connectivity index (χ0) is 21.4. The Morgan fingerprint density at radius 3 is 2.50 bits per heavy atom. The van der Waals surface area contributed by atoms with Crippen molar-refractivity contribution in [2.24, 2.45) is 0 Å². The van der Waals surface area contributed by atoms with Crippen molar-refractivity contribution in [2.45, 2.75) is 32.7 Å². The maximum absolute atomic E-state index is 13.2. The van der Waals surface area contributed by atoms with Crippen LogP contribution in [0.25, 0.3) is 5.69 Å². The first-order chi connectivity index (χ1) is 14.3. The lowest BCUT2D eigenvalue weighted by Crippen LogP contribution is -2.38. The number of hydrogen-bond acceptors (Lipinski definition) is 3. The van der Waals surface area contributed by atoms with E-state index in [-0.39, 0.29) is 28.8 Å². The van der Waals surface area contributed by atoms with Crippen LogP contribution in [0.5, 0.6) is 0 Å². The predicted molar refractivity (Wildman–Crippen MR) is 112 cm³/mol. The summed E-state index contributed by atoms with van der Waals surface area (Å²) in [7, 11) is 0. The van der Waals surface area contributed by atoms with Gasteiger partial charge < -0.3 is 9.88 Å². The molecule has 3 heterocycles. The fourth-order valence-corrected chi connectivity index (χ4v) is 3.81. The monoisotopic (exact) mass is 407 g/mol. The highest BCUT2D eigenvalue weighted by molar-refractivity contribution is 5.95. The zero-order valence-electron chi connectivity index (χ0n) is 16.8. The minimum atomic E-state index is -0.372. The van der Waals surface area contributed by atoms with E-state index in [1.165, 1.54) is 22.8 Å². The highest BCUT2D eigenvalue weighted by atomic mass is 19.1. The molecule has 154 valence electrons. The van der Waals surface area contributed by atoms with Crippen molar-refractivity contribution in [3.63, 3.8) is 0 Å². The van der Waals surface area contributed by atoms with Gasteiger partial charge in [0.15, 0.2) is 0 Å². The molecule has 1 N–H and O–H groups in total. The fourth-order valence-electron chi connectivity index (χ4n) is 3.81. The Labute approximate surface area is 172 Å². The quantitative estimate of drug-likeness (QED) is 0.725. The normalized spacial score (nSPS) is 13.4. The van der Waals surface area contributed by atoms with Gasteiger partial charge in [0.05, 0.1) is 5.56 Å². The topological polar surface area (TPSA) is 75.2 Å². The van der Waals surface area contributed by atoms with E-state index in [2.05, 4.69) is 4.98 Å². The Bertz CT molecular complexity index is 1230. The number of nitrogens with zero attached hydrogens (tertiary/aromatic N) is 2. The van der Waals surface area contributed by atoms with Crippen molar-refractivity contribution in [1.82, 2.24) is 14.5 Å². The number of fused-ring (bicyclic) bond motifs is 1. The molecular formula is C23H22FN3O3. The third kappa shape index (κ3) is 3.70. The number of carbonyl (C=O) groups excluding carboxylic acids is 1. The number of carbonyl (C=O) groups is 1. The number of halogens is 1. The molecule has 30 heavy (non-hydrogen) atoms. The average Bonchev–Trinajstić information content (AvgIpc) is 2.73. The molecule has 4 rings (SSSR count). The summed E-state index contributed by atoms with van der Waals surface area (Å²) in [4.78, 5) is 41.9. The lowest BCUT2D eigenvalue weighted by atomic mass is 9.99. The molecule has 7 heteroatoms. The molecular weight excluding hydrogens is 385 g/mol. The smallest absolute Gasteiger partial charge is 0.255 e. The van der Waals surface area contributed by atoms with E-state index in [0.29, 0.717) is 36.5 Å². The molecule has 0 saturated heterocycles. The van der Waals surface area contributed by atoms with E-state index in [1.807, 2.05) is 13.8 Å². The third-order valence-electron chi connectivity index (χ3n) is 5.39. The third-order valence-corrected chi connectivity index (χ3v) is 5.39. The van der Waals surface area contributed by atoms with Gasteiger partial charge in [-0.2, -0.15) is 0 Å². The van der Waals surface area contributed by atoms with Gasteiger partial charge >= 0.3 is 0 Å². The molecule has 6 nitrogen and oxygen atoms in total. The fraction of sp³-hybridized carbons (Fsp3) is 0.261. The molecule has 0 aliphatic carbocycles. The maximum Gasteiger partial charge on any atom is 0.255 e. The summed E-state index contributed by atoms with van der Waals surface area (Å²) < 4.78 is 14.7. The first-order valence-corrected chi connectivity index (χ1v) is 9.86. The number of rotatable bonds is 3. The van der Waals surface area contributed by atoms with Crippen molar-refractivity contribution in [1.29, 1.82) is 0 Å². The second kappa shape index (κ2) is 7.74. The van der Waals surface area contributed by atoms with E-state index in [9.17, 15) is 18.8 Å². The molecule has 1 aliphatic heterocycles. The van der Waals surface area contributed by atoms with Crippen LogP contribution in [0.3, 0.4) is 0 Å². The number of pyridine rings is 2. The van der Waals surface area contributed by atoms with Crippen LogP contribution in [-0.4, -0.2) is 26.9 Å². The number of aromatic nitrogens is 2. The van der Waals surface area contributed by atoms with E-state index >= 15 is 0 Å². The van der Waals surface area contributed by atoms with Gasteiger partial charge in [0, 0.05) is 42.8 Å². The molecule has 0 unspecified atom stereocenters. The highest BCUT2D eigenvalue weighted by Crippen LogP contribution is 2.23. The van der Waals surface area contributed by atoms with Crippen LogP contribution in [0, 0.1) is 5.82 Å². The summed E-state index contributed by atoms with van der Waals surface area (Å²) >= 11 is 0. The van der Waals surface area contributed by atoms with Crippen LogP contribution in [0.4, 0.5) is 4.39 Å². The largest absolute Gasteiger partial charge is 0.334 e. The van der Waals surface area contributed by atoms with Gasteiger partial charge in [-0.05, 0) is 53.8 Å². The Balaban J connectivity index is 1.67. The molecule has 0 atom stereocenters. The standard InChI is InChI=1S/C23H22FN3O3/c1-14(2)22-19(7-8-20(28)25-22)23(30)26-10-9-15-11-21(29)27(13-16(15)12-26)18-5-3-17(24)4-6-18/h3-8,11,13-14H,9-10,12H2,1-2H3,(H,25,28). The second-order valence-electron chi connectivity index (χ2n) is 7.79. The minimum absolute atomic E-state index is 0.00131. The summed E-state index contributed by atoms with van der Waals surface area (Å²) in [6, 6.07) is 10.2. The molecule has 0 fully saturated rings. The molecule has 1 amide bonds. The van der Waals surface area contributed by atoms with Gasteiger partial charge in [0.2, 0.25) is 5.56 Å². The second-order valence-corrected chi connectivity index (χ2v) is 7.79. The maximum atomic E-state index is 13.2. The molecule has 2 aromatic heterocycles. The Hall–Kier alpha value is -3.48. The summed E-state index contributed by atoms with van der Waals surface area (Å²) in [6.07, 6.45) is 2.29. The van der Waals surface area contributed by atoms with Crippen LogP contribution in [0.15, 0.2) is 58.3 Å². The molecule has 0 radical (unpaired) electrons. The van der Waals surface area contributed by atoms with Crippen LogP contribution in [0.2, 0.25) is 0 Å². The lowest BCUT2D eigenvalue weighted by Gasteiger charge is -2.30. The first-order valence-electron chi connectivity index (χ1n) is 9.86. The number of aromatic amines is 1. The minimum Gasteiger partial charge on any atom is -0.334 e. The highest BCUT2D eigenvalue weighted by Gasteiger charge is 2.25. The van der Waals surface area contributed by atoms with Crippen LogP contribution >= 0.6 is 0 Å². The van der Waals surface area contributed by atoms with Gasteiger partial charge in [0.25, 0.3) is 11.5 Å². The summed E-state index contributed by atoms with van der Waals surface area (Å²) in [6.45, 7) is 4.69. The number of benzene rings is 1. The average molecular weight is 407 g/mol. The number of hydrogen-bond donors (Lipinski definition) is 1. The predicted octanol–water partition coefficient (Wildman–Crippen LogP) is 2.99. The molecule has 0 saturated carbocycles. The molecule has 3 aromatic rings. The van der Waals surface area contributed by atoms with Gasteiger partial charge in [-0.1, -0.05) is 13.8 Å². The molecule has 1 aromatic carbocycles. The van der Waals surface area contributed by atoms with Gasteiger partial charge in [-0.3, -0.25) is 19.0 Å². The van der Waals surface area contributed by atoms with Crippen molar-refractivity contribution in [3.8, 4) is 5.69 Å². The Morgan fingerprint density at radius 2 is 1.80 bits per heavy atom. The van der Waals surface area contributed by atoms with E-state index in [4.69, 9.17) is 0 Å². The van der Waals surface area contributed by atoms with Crippen molar-refractivity contribution >= 4 is 5.91 Å². The Kier molecular flexibility index (Phi) is 5.11.